The minimum Gasteiger partial charge on any atom is -0.269 e. The molecule has 0 atom stereocenters. The average molecular weight is 384 g/mol. The number of rotatable bonds is 5. The second kappa shape index (κ2) is 7.05. The molecular weight excluding hydrogens is 366 g/mol. The van der Waals surface area contributed by atoms with E-state index in [9.17, 15) is 4.79 Å². The van der Waals surface area contributed by atoms with Crippen LogP contribution in [0.15, 0.2) is 45.7 Å². The Balaban J connectivity index is 1.50. The van der Waals surface area contributed by atoms with Gasteiger partial charge in [-0.05, 0) is 18.9 Å². The standard InChI is InChI=1S/C18H17N5OS2/c1-3-12-4-6-13(7-5-12)16-20-17(22-21-16)25-10-14-8-15(24)23-11(2)9-26-18(23)19-14/h4-9H,3,10H2,1-2H3,(H,20,21,22). The lowest BCUT2D eigenvalue weighted by atomic mass is 10.1. The van der Waals surface area contributed by atoms with Gasteiger partial charge in [-0.3, -0.25) is 14.3 Å². The SMILES string of the molecule is CCc1ccc(-c2nc(SCc3cc(=O)n4c(C)csc4n3)n[nH]2)cc1. The van der Waals surface area contributed by atoms with Gasteiger partial charge in [-0.25, -0.2) is 9.97 Å². The summed E-state index contributed by atoms with van der Waals surface area (Å²) in [7, 11) is 0. The molecule has 0 saturated heterocycles. The summed E-state index contributed by atoms with van der Waals surface area (Å²) in [6, 6.07) is 9.87. The summed E-state index contributed by atoms with van der Waals surface area (Å²) in [5, 5.41) is 9.81. The fourth-order valence-electron chi connectivity index (χ4n) is 2.65. The number of hydrogen-bond acceptors (Lipinski definition) is 6. The number of aryl methyl sites for hydroxylation is 2. The predicted molar refractivity (Wildman–Crippen MR) is 105 cm³/mol. The van der Waals surface area contributed by atoms with Crippen molar-refractivity contribution in [3.05, 3.63) is 63.0 Å². The number of thioether (sulfide) groups is 1. The lowest BCUT2D eigenvalue weighted by Gasteiger charge is -2.00. The lowest BCUT2D eigenvalue weighted by molar-refractivity contribution is 0.967. The summed E-state index contributed by atoms with van der Waals surface area (Å²) in [6.45, 7) is 4.04. The minimum atomic E-state index is -0.0453. The van der Waals surface area contributed by atoms with E-state index in [1.54, 1.807) is 10.5 Å². The molecule has 6 nitrogen and oxygen atoms in total. The van der Waals surface area contributed by atoms with Crippen LogP contribution in [-0.2, 0) is 12.2 Å². The number of benzene rings is 1. The first kappa shape index (κ1) is 17.0. The second-order valence-corrected chi connectivity index (χ2v) is 7.67. The maximum Gasteiger partial charge on any atom is 0.258 e. The number of nitrogens with one attached hydrogen (secondary N) is 1. The predicted octanol–water partition coefficient (Wildman–Crippen LogP) is 3.70. The second-order valence-electron chi connectivity index (χ2n) is 5.89. The van der Waals surface area contributed by atoms with Gasteiger partial charge in [0.1, 0.15) is 0 Å². The van der Waals surface area contributed by atoms with Crippen molar-refractivity contribution in [2.75, 3.05) is 0 Å². The highest BCUT2D eigenvalue weighted by molar-refractivity contribution is 7.98. The largest absolute Gasteiger partial charge is 0.269 e. The quantitative estimate of drug-likeness (QED) is 0.532. The first-order valence-electron chi connectivity index (χ1n) is 8.25. The molecule has 4 aromatic rings. The smallest absolute Gasteiger partial charge is 0.258 e. The van der Waals surface area contributed by atoms with Crippen molar-refractivity contribution in [3.8, 4) is 11.4 Å². The van der Waals surface area contributed by atoms with E-state index < -0.39 is 0 Å². The molecule has 8 heteroatoms. The van der Waals surface area contributed by atoms with E-state index in [1.807, 2.05) is 24.4 Å². The molecule has 0 saturated carbocycles. The van der Waals surface area contributed by atoms with Crippen LogP contribution in [-0.4, -0.2) is 24.6 Å². The van der Waals surface area contributed by atoms with Gasteiger partial charge in [0, 0.05) is 28.5 Å². The highest BCUT2D eigenvalue weighted by Gasteiger charge is 2.10. The maximum atomic E-state index is 12.2. The van der Waals surface area contributed by atoms with Crippen molar-refractivity contribution in [2.45, 2.75) is 31.2 Å². The fraction of sp³-hybridized carbons (Fsp3) is 0.222. The molecule has 4 rings (SSSR count). The number of aromatic nitrogens is 5. The van der Waals surface area contributed by atoms with Crippen LogP contribution < -0.4 is 5.56 Å². The number of hydrogen-bond donors (Lipinski definition) is 1. The molecule has 0 aliphatic carbocycles. The van der Waals surface area contributed by atoms with Gasteiger partial charge in [-0.1, -0.05) is 43.0 Å². The van der Waals surface area contributed by atoms with E-state index in [4.69, 9.17) is 0 Å². The van der Waals surface area contributed by atoms with E-state index in [2.05, 4.69) is 39.2 Å². The molecule has 3 aromatic heterocycles. The van der Waals surface area contributed by atoms with Gasteiger partial charge in [0.2, 0.25) is 5.16 Å². The third-order valence-electron chi connectivity index (χ3n) is 4.08. The van der Waals surface area contributed by atoms with E-state index in [0.29, 0.717) is 10.9 Å². The van der Waals surface area contributed by atoms with E-state index in [1.165, 1.54) is 28.7 Å². The molecule has 1 N–H and O–H groups in total. The van der Waals surface area contributed by atoms with Gasteiger partial charge < -0.3 is 0 Å². The van der Waals surface area contributed by atoms with Crippen LogP contribution in [0.4, 0.5) is 0 Å². The third-order valence-corrected chi connectivity index (χ3v) is 5.90. The topological polar surface area (TPSA) is 75.9 Å². The summed E-state index contributed by atoms with van der Waals surface area (Å²) < 4.78 is 1.63. The third kappa shape index (κ3) is 3.30. The number of aromatic amines is 1. The Morgan fingerprint density at radius 3 is 2.81 bits per heavy atom. The van der Waals surface area contributed by atoms with E-state index in [0.717, 1.165) is 34.2 Å². The molecule has 0 radical (unpaired) electrons. The van der Waals surface area contributed by atoms with E-state index >= 15 is 0 Å². The zero-order chi connectivity index (χ0) is 18.1. The fourth-order valence-corrected chi connectivity index (χ4v) is 4.23. The van der Waals surface area contributed by atoms with Crippen molar-refractivity contribution in [3.63, 3.8) is 0 Å². The maximum absolute atomic E-state index is 12.2. The zero-order valence-electron chi connectivity index (χ0n) is 14.4. The number of nitrogens with zero attached hydrogens (tertiary/aromatic N) is 4. The molecule has 0 bridgehead atoms. The van der Waals surface area contributed by atoms with E-state index in [-0.39, 0.29) is 5.56 Å². The number of fused-ring (bicyclic) bond motifs is 1. The summed E-state index contributed by atoms with van der Waals surface area (Å²) in [5.41, 5.74) is 3.90. The Morgan fingerprint density at radius 2 is 2.04 bits per heavy atom. The molecule has 1 aromatic carbocycles. The van der Waals surface area contributed by atoms with Crippen molar-refractivity contribution in [1.82, 2.24) is 24.6 Å². The first-order chi connectivity index (χ1) is 12.6. The Labute approximate surface area is 158 Å². The highest BCUT2D eigenvalue weighted by atomic mass is 32.2. The van der Waals surface area contributed by atoms with Crippen LogP contribution >= 0.6 is 23.1 Å². The number of thiazole rings is 1. The van der Waals surface area contributed by atoms with Crippen molar-refractivity contribution in [1.29, 1.82) is 0 Å². The van der Waals surface area contributed by atoms with Crippen LogP contribution in [0.3, 0.4) is 0 Å². The normalized spacial score (nSPS) is 11.3. The molecule has 0 amide bonds. The van der Waals surface area contributed by atoms with Crippen molar-refractivity contribution in [2.24, 2.45) is 0 Å². The molecule has 0 aliphatic heterocycles. The number of H-pyrrole nitrogens is 1. The van der Waals surface area contributed by atoms with Crippen molar-refractivity contribution < 1.29 is 0 Å². The molecular formula is C18H17N5OS2. The lowest BCUT2D eigenvalue weighted by Crippen LogP contribution is -2.14. The highest BCUT2D eigenvalue weighted by Crippen LogP contribution is 2.22. The van der Waals surface area contributed by atoms with Crippen LogP contribution in [0.25, 0.3) is 16.3 Å². The summed E-state index contributed by atoms with van der Waals surface area (Å²) in [6.07, 6.45) is 1.01. The van der Waals surface area contributed by atoms with Gasteiger partial charge >= 0.3 is 0 Å². The summed E-state index contributed by atoms with van der Waals surface area (Å²) in [5.74, 6) is 1.29. The molecule has 0 fully saturated rings. The van der Waals surface area contributed by atoms with Gasteiger partial charge in [0.05, 0.1) is 5.69 Å². The minimum absolute atomic E-state index is 0.0453. The van der Waals surface area contributed by atoms with Gasteiger partial charge in [-0.15, -0.1) is 16.4 Å². The molecule has 132 valence electrons. The Morgan fingerprint density at radius 1 is 1.23 bits per heavy atom. The summed E-state index contributed by atoms with van der Waals surface area (Å²) >= 11 is 2.93. The Bertz CT molecular complexity index is 1110. The Hall–Kier alpha value is -2.45. The van der Waals surface area contributed by atoms with Gasteiger partial charge in [0.25, 0.3) is 5.56 Å². The molecule has 0 spiro atoms. The molecule has 26 heavy (non-hydrogen) atoms. The van der Waals surface area contributed by atoms with Gasteiger partial charge in [0.15, 0.2) is 10.8 Å². The van der Waals surface area contributed by atoms with Crippen LogP contribution in [0.2, 0.25) is 0 Å². The molecule has 3 heterocycles. The zero-order valence-corrected chi connectivity index (χ0v) is 16.0. The molecule has 0 aliphatic rings. The Kier molecular flexibility index (Phi) is 4.60. The average Bonchev–Trinajstić information content (AvgIpc) is 3.27. The van der Waals surface area contributed by atoms with Crippen LogP contribution in [0, 0.1) is 6.92 Å². The van der Waals surface area contributed by atoms with Crippen molar-refractivity contribution >= 4 is 28.1 Å². The monoisotopic (exact) mass is 383 g/mol. The van der Waals surface area contributed by atoms with Crippen LogP contribution in [0.5, 0.6) is 0 Å². The van der Waals surface area contributed by atoms with Crippen LogP contribution in [0.1, 0.15) is 23.9 Å². The first-order valence-corrected chi connectivity index (χ1v) is 10.1. The summed E-state index contributed by atoms with van der Waals surface area (Å²) in [4.78, 5) is 22.0. The van der Waals surface area contributed by atoms with Gasteiger partial charge in [-0.2, -0.15) is 0 Å². The molecule has 0 unspecified atom stereocenters.